The van der Waals surface area contributed by atoms with Crippen molar-refractivity contribution in [3.63, 3.8) is 0 Å². The number of anilines is 3. The van der Waals surface area contributed by atoms with Crippen LogP contribution in [0.1, 0.15) is 0 Å². The fraction of sp³-hybridized carbons (Fsp3) is 0. The molecule has 5 nitrogen and oxygen atoms in total. The first-order chi connectivity index (χ1) is 26.3. The van der Waals surface area contributed by atoms with E-state index in [-0.39, 0.29) is 0 Å². The lowest BCUT2D eigenvalue weighted by molar-refractivity contribution is 0.667. The van der Waals surface area contributed by atoms with Gasteiger partial charge in [-0.2, -0.15) is 0 Å². The molecule has 0 aliphatic rings. The first-order valence-electron chi connectivity index (χ1n) is 17.7. The molecule has 3 aromatic heterocycles. The van der Waals surface area contributed by atoms with Gasteiger partial charge in [0.25, 0.3) is 0 Å². The Morgan fingerprint density at radius 1 is 0.396 bits per heavy atom. The zero-order valence-corrected chi connectivity index (χ0v) is 28.4. The lowest BCUT2D eigenvalue weighted by Gasteiger charge is -2.25. The maximum atomic E-state index is 6.68. The van der Waals surface area contributed by atoms with Gasteiger partial charge in [-0.15, -0.1) is 0 Å². The Morgan fingerprint density at radius 3 is 1.83 bits per heavy atom. The van der Waals surface area contributed by atoms with Gasteiger partial charge in [-0.1, -0.05) is 109 Å². The van der Waals surface area contributed by atoms with Crippen molar-refractivity contribution in [2.24, 2.45) is 0 Å². The summed E-state index contributed by atoms with van der Waals surface area (Å²) in [6, 6.07) is 60.9. The summed E-state index contributed by atoms with van der Waals surface area (Å²) >= 11 is 0. The number of benzene rings is 8. The highest BCUT2D eigenvalue weighted by Crippen LogP contribution is 2.44. The van der Waals surface area contributed by atoms with Crippen molar-refractivity contribution < 1.29 is 8.83 Å². The fourth-order valence-corrected chi connectivity index (χ4v) is 7.76. The van der Waals surface area contributed by atoms with Crippen molar-refractivity contribution in [1.82, 2.24) is 9.97 Å². The van der Waals surface area contributed by atoms with Gasteiger partial charge in [0.15, 0.2) is 11.4 Å². The molecule has 11 aromatic rings. The molecule has 5 heteroatoms. The number of nitrogens with zero attached hydrogens (tertiary/aromatic N) is 3. The zero-order valence-electron chi connectivity index (χ0n) is 28.4. The third-order valence-corrected chi connectivity index (χ3v) is 10.2. The summed E-state index contributed by atoms with van der Waals surface area (Å²) in [6.07, 6.45) is 0. The van der Waals surface area contributed by atoms with Gasteiger partial charge in [0.2, 0.25) is 0 Å². The summed E-state index contributed by atoms with van der Waals surface area (Å²) in [5.74, 6) is 0.631. The molecule has 53 heavy (non-hydrogen) atoms. The van der Waals surface area contributed by atoms with Crippen LogP contribution in [0.25, 0.3) is 88.2 Å². The van der Waals surface area contributed by atoms with Gasteiger partial charge >= 0.3 is 0 Å². The molecule has 11 rings (SSSR count). The van der Waals surface area contributed by atoms with Gasteiger partial charge in [0, 0.05) is 49.7 Å². The maximum absolute atomic E-state index is 6.68. The fourth-order valence-electron chi connectivity index (χ4n) is 7.76. The second-order valence-electron chi connectivity index (χ2n) is 13.4. The van der Waals surface area contributed by atoms with Crippen LogP contribution in [0.2, 0.25) is 0 Å². The first-order valence-corrected chi connectivity index (χ1v) is 17.7. The van der Waals surface area contributed by atoms with Crippen LogP contribution in [0.5, 0.6) is 0 Å². The van der Waals surface area contributed by atoms with Crippen molar-refractivity contribution in [2.75, 3.05) is 4.90 Å². The molecule has 0 saturated carbocycles. The summed E-state index contributed by atoms with van der Waals surface area (Å²) in [7, 11) is 0. The van der Waals surface area contributed by atoms with E-state index in [4.69, 9.17) is 18.8 Å². The molecule has 0 radical (unpaired) electrons. The summed E-state index contributed by atoms with van der Waals surface area (Å²) in [4.78, 5) is 12.9. The molecule has 0 atom stereocenters. The predicted molar refractivity (Wildman–Crippen MR) is 217 cm³/mol. The van der Waals surface area contributed by atoms with Crippen LogP contribution in [-0.2, 0) is 0 Å². The zero-order chi connectivity index (χ0) is 34.9. The quantitative estimate of drug-likeness (QED) is 0.181. The summed E-state index contributed by atoms with van der Waals surface area (Å²) in [5, 5.41) is 7.32. The number of hydrogen-bond acceptors (Lipinski definition) is 5. The molecule has 248 valence electrons. The normalized spacial score (nSPS) is 11.8. The van der Waals surface area contributed by atoms with Gasteiger partial charge in [-0.3, -0.25) is 0 Å². The third kappa shape index (κ3) is 4.71. The minimum atomic E-state index is 0.631. The van der Waals surface area contributed by atoms with Gasteiger partial charge in [0.1, 0.15) is 28.0 Å². The highest BCUT2D eigenvalue weighted by atomic mass is 16.3. The van der Waals surface area contributed by atoms with Crippen LogP contribution in [0.15, 0.2) is 185 Å². The second-order valence-corrected chi connectivity index (χ2v) is 13.4. The minimum Gasteiger partial charge on any atom is -0.455 e. The summed E-state index contributed by atoms with van der Waals surface area (Å²) in [5.41, 5.74) is 9.76. The number of aromatic nitrogens is 2. The largest absolute Gasteiger partial charge is 0.455 e. The molecule has 0 amide bonds. The predicted octanol–water partition coefficient (Wildman–Crippen LogP) is 13.4. The lowest BCUT2D eigenvalue weighted by atomic mass is 9.99. The number of para-hydroxylation sites is 3. The van der Waals surface area contributed by atoms with Crippen LogP contribution >= 0.6 is 0 Å². The summed E-state index contributed by atoms with van der Waals surface area (Å²) in [6.45, 7) is 0. The standard InChI is InChI=1S/C48H29N3O2/c1-3-15-33(16-4-1)51(34-17-5-2-6-18-34)35-25-26-43-39(28-35)40-29-41(36-19-9-10-20-37(36)46(40)52-43)48-49-44(32-24-23-30-13-7-8-14-31(30)27-32)47-45(50-48)38-21-11-12-22-42(38)53-47/h1-29H. The van der Waals surface area contributed by atoms with Crippen LogP contribution < -0.4 is 4.90 Å². The van der Waals surface area contributed by atoms with Crippen molar-refractivity contribution >= 4 is 82.6 Å². The second kappa shape index (κ2) is 11.7. The van der Waals surface area contributed by atoms with E-state index < -0.39 is 0 Å². The Bertz CT molecular complexity index is 3140. The molecule has 0 fully saturated rings. The van der Waals surface area contributed by atoms with Crippen LogP contribution in [0, 0.1) is 0 Å². The maximum Gasteiger partial charge on any atom is 0.180 e. The van der Waals surface area contributed by atoms with Crippen LogP contribution in [-0.4, -0.2) is 9.97 Å². The SMILES string of the molecule is c1ccc(N(c2ccccc2)c2ccc3oc4c5ccccc5c(-c5nc(-c6ccc7ccccc7c6)c6oc7ccccc7c6n5)cc4c3c2)cc1. The van der Waals surface area contributed by atoms with Crippen LogP contribution in [0.3, 0.4) is 0 Å². The van der Waals surface area contributed by atoms with Crippen LogP contribution in [0.4, 0.5) is 17.1 Å². The third-order valence-electron chi connectivity index (χ3n) is 10.2. The molecule has 0 spiro atoms. The molecule has 0 aliphatic heterocycles. The van der Waals surface area contributed by atoms with E-state index in [2.05, 4.69) is 150 Å². The van der Waals surface area contributed by atoms with E-state index in [1.807, 2.05) is 30.3 Å². The molecule has 0 N–H and O–H groups in total. The van der Waals surface area contributed by atoms with Gasteiger partial charge in [-0.25, -0.2) is 9.97 Å². The van der Waals surface area contributed by atoms with E-state index in [1.54, 1.807) is 0 Å². The molecule has 3 heterocycles. The van der Waals surface area contributed by atoms with Crippen molar-refractivity contribution in [2.45, 2.75) is 0 Å². The molecule has 0 bridgehead atoms. The van der Waals surface area contributed by atoms with E-state index in [0.717, 1.165) is 88.5 Å². The van der Waals surface area contributed by atoms with Crippen molar-refractivity contribution in [1.29, 1.82) is 0 Å². The molecular weight excluding hydrogens is 651 g/mol. The smallest absolute Gasteiger partial charge is 0.180 e. The minimum absolute atomic E-state index is 0.631. The van der Waals surface area contributed by atoms with E-state index in [1.165, 1.54) is 5.39 Å². The monoisotopic (exact) mass is 679 g/mol. The molecule has 0 saturated heterocycles. The Hall–Kier alpha value is -7.24. The highest BCUT2D eigenvalue weighted by Gasteiger charge is 2.22. The summed E-state index contributed by atoms with van der Waals surface area (Å²) < 4.78 is 13.2. The Balaban J connectivity index is 1.18. The Labute approximate surface area is 304 Å². The number of furan rings is 2. The lowest BCUT2D eigenvalue weighted by Crippen LogP contribution is -2.09. The van der Waals surface area contributed by atoms with E-state index >= 15 is 0 Å². The first kappa shape index (κ1) is 29.5. The Kier molecular flexibility index (Phi) is 6.48. The molecule has 0 unspecified atom stereocenters. The molecule has 0 aliphatic carbocycles. The Morgan fingerprint density at radius 2 is 1.04 bits per heavy atom. The number of rotatable bonds is 5. The molecule has 8 aromatic carbocycles. The average molecular weight is 680 g/mol. The van der Waals surface area contributed by atoms with E-state index in [9.17, 15) is 0 Å². The number of hydrogen-bond donors (Lipinski definition) is 0. The van der Waals surface area contributed by atoms with Gasteiger partial charge in [0.05, 0.1) is 0 Å². The van der Waals surface area contributed by atoms with Crippen molar-refractivity contribution in [3.8, 4) is 22.6 Å². The average Bonchev–Trinajstić information content (AvgIpc) is 3.79. The van der Waals surface area contributed by atoms with E-state index in [0.29, 0.717) is 11.4 Å². The number of fused-ring (bicyclic) bond motifs is 9. The topological polar surface area (TPSA) is 55.3 Å². The van der Waals surface area contributed by atoms with Gasteiger partial charge < -0.3 is 13.7 Å². The van der Waals surface area contributed by atoms with Crippen molar-refractivity contribution in [3.05, 3.63) is 176 Å². The molecular formula is C48H29N3O2. The highest BCUT2D eigenvalue weighted by molar-refractivity contribution is 6.19. The van der Waals surface area contributed by atoms with Gasteiger partial charge in [-0.05, 0) is 82.9 Å².